The lowest BCUT2D eigenvalue weighted by Gasteiger charge is -2.15. The van der Waals surface area contributed by atoms with Crippen molar-refractivity contribution in [3.05, 3.63) is 95.0 Å². The van der Waals surface area contributed by atoms with Crippen LogP contribution in [-0.2, 0) is 0 Å². The Kier molecular flexibility index (Phi) is 6.77. The summed E-state index contributed by atoms with van der Waals surface area (Å²) in [5.41, 5.74) is 4.32. The lowest BCUT2D eigenvalue weighted by Crippen LogP contribution is -1.90. The van der Waals surface area contributed by atoms with E-state index in [1.54, 1.807) is 26.0 Å². The van der Waals surface area contributed by atoms with Crippen molar-refractivity contribution in [1.82, 2.24) is 0 Å². The van der Waals surface area contributed by atoms with Crippen LogP contribution in [0.25, 0.3) is 22.3 Å². The summed E-state index contributed by atoms with van der Waals surface area (Å²) in [5.74, 6) is 1.61. The van der Waals surface area contributed by atoms with Crippen LogP contribution in [0.4, 0.5) is 0 Å². The molecule has 0 aliphatic heterocycles. The van der Waals surface area contributed by atoms with Crippen molar-refractivity contribution < 1.29 is 9.47 Å². The Balaban J connectivity index is 1.80. The van der Waals surface area contributed by atoms with Crippen LogP contribution in [0.1, 0.15) is 0 Å². The quantitative estimate of drug-likeness (QED) is 0.283. The molecule has 0 N–H and O–H groups in total. The van der Waals surface area contributed by atoms with E-state index in [4.69, 9.17) is 32.7 Å². The van der Waals surface area contributed by atoms with E-state index in [1.807, 2.05) is 60.7 Å². The molecule has 0 radical (unpaired) electrons. The van der Waals surface area contributed by atoms with Gasteiger partial charge in [-0.3, -0.25) is 0 Å². The third-order valence-corrected chi connectivity index (χ3v) is 6.56. The number of rotatable bonds is 6. The highest BCUT2D eigenvalue weighted by Crippen LogP contribution is 2.43. The maximum absolute atomic E-state index is 6.10. The number of hydrogen-bond donors (Lipinski definition) is 0. The monoisotopic (exact) mass is 466 g/mol. The fraction of sp³-hybridized carbons (Fsp3) is 0.0769. The molecule has 0 aromatic heterocycles. The second-order valence-electron chi connectivity index (χ2n) is 6.84. The molecule has 0 saturated heterocycles. The van der Waals surface area contributed by atoms with E-state index < -0.39 is 0 Å². The number of benzene rings is 4. The van der Waals surface area contributed by atoms with Crippen molar-refractivity contribution >= 4 is 35.0 Å². The first-order valence-corrected chi connectivity index (χ1v) is 11.2. The van der Waals surface area contributed by atoms with Gasteiger partial charge in [-0.2, -0.15) is 0 Å². The Morgan fingerprint density at radius 2 is 0.935 bits per heavy atom. The van der Waals surface area contributed by atoms with Crippen molar-refractivity contribution in [2.75, 3.05) is 14.2 Å². The van der Waals surface area contributed by atoms with Gasteiger partial charge in [-0.25, -0.2) is 0 Å². The standard InChI is InChI=1S/C26H20Cl2O2S/c1-29-21-11-13-25(23(15-21)17-3-7-19(27)8-4-17)31-26-14-12-22(30-2)16-24(26)18-5-9-20(28)10-6-18/h3-16H,1-2H3. The van der Waals surface area contributed by atoms with Crippen LogP contribution in [0.15, 0.2) is 94.7 Å². The van der Waals surface area contributed by atoms with Gasteiger partial charge in [0, 0.05) is 19.8 Å². The summed E-state index contributed by atoms with van der Waals surface area (Å²) in [5, 5.41) is 1.42. The zero-order valence-corrected chi connectivity index (χ0v) is 19.4. The van der Waals surface area contributed by atoms with E-state index in [0.717, 1.165) is 43.5 Å². The first kappa shape index (κ1) is 21.6. The van der Waals surface area contributed by atoms with Crippen molar-refractivity contribution in [2.24, 2.45) is 0 Å². The fourth-order valence-electron chi connectivity index (χ4n) is 3.28. The molecule has 0 atom stereocenters. The molecule has 4 aromatic carbocycles. The number of halogens is 2. The number of hydrogen-bond acceptors (Lipinski definition) is 3. The van der Waals surface area contributed by atoms with Crippen LogP contribution in [0.5, 0.6) is 11.5 Å². The normalized spacial score (nSPS) is 10.7. The Labute approximate surface area is 196 Å². The molecule has 0 fully saturated rings. The lowest BCUT2D eigenvalue weighted by molar-refractivity contribution is 0.414. The highest BCUT2D eigenvalue weighted by Gasteiger charge is 2.13. The predicted octanol–water partition coefficient (Wildman–Crippen LogP) is 8.50. The van der Waals surface area contributed by atoms with E-state index in [9.17, 15) is 0 Å². The molecule has 0 aliphatic rings. The van der Waals surface area contributed by atoms with Crippen LogP contribution in [0.3, 0.4) is 0 Å². The summed E-state index contributed by atoms with van der Waals surface area (Å²) < 4.78 is 11.0. The van der Waals surface area contributed by atoms with Gasteiger partial charge in [0.2, 0.25) is 0 Å². The molecule has 0 spiro atoms. The van der Waals surface area contributed by atoms with E-state index >= 15 is 0 Å². The Morgan fingerprint density at radius 1 is 0.548 bits per heavy atom. The zero-order chi connectivity index (χ0) is 21.8. The maximum Gasteiger partial charge on any atom is 0.119 e. The summed E-state index contributed by atoms with van der Waals surface area (Å²) in [6, 6.07) is 27.9. The maximum atomic E-state index is 6.10. The van der Waals surface area contributed by atoms with E-state index in [1.165, 1.54) is 0 Å². The van der Waals surface area contributed by atoms with Crippen LogP contribution >= 0.6 is 35.0 Å². The number of methoxy groups -OCH3 is 2. The molecule has 5 heteroatoms. The van der Waals surface area contributed by atoms with Crippen molar-refractivity contribution in [3.8, 4) is 33.8 Å². The molecular formula is C26H20Cl2O2S. The topological polar surface area (TPSA) is 18.5 Å². The van der Waals surface area contributed by atoms with Crippen LogP contribution in [-0.4, -0.2) is 14.2 Å². The first-order valence-electron chi connectivity index (χ1n) is 9.63. The van der Waals surface area contributed by atoms with Crippen LogP contribution < -0.4 is 9.47 Å². The van der Waals surface area contributed by atoms with Crippen LogP contribution in [0.2, 0.25) is 10.0 Å². The Hall–Kier alpha value is -2.59. The third-order valence-electron chi connectivity index (χ3n) is 4.90. The summed E-state index contributed by atoms with van der Waals surface area (Å²) >= 11 is 13.9. The SMILES string of the molecule is COc1ccc(Sc2ccc(OC)cc2-c2ccc(Cl)cc2)c(-c2ccc(Cl)cc2)c1. The largest absolute Gasteiger partial charge is 0.497 e. The molecule has 156 valence electrons. The molecular weight excluding hydrogens is 447 g/mol. The Bertz CT molecular complexity index is 1090. The van der Waals surface area contributed by atoms with E-state index in [0.29, 0.717) is 10.0 Å². The Morgan fingerprint density at radius 3 is 1.29 bits per heavy atom. The van der Waals surface area contributed by atoms with Gasteiger partial charge >= 0.3 is 0 Å². The summed E-state index contributed by atoms with van der Waals surface area (Å²) in [6.07, 6.45) is 0. The summed E-state index contributed by atoms with van der Waals surface area (Å²) in [4.78, 5) is 2.23. The summed E-state index contributed by atoms with van der Waals surface area (Å²) in [7, 11) is 3.35. The first-order chi connectivity index (χ1) is 15.1. The van der Waals surface area contributed by atoms with Crippen molar-refractivity contribution in [2.45, 2.75) is 9.79 Å². The van der Waals surface area contributed by atoms with Gasteiger partial charge in [0.05, 0.1) is 14.2 Å². The molecule has 0 heterocycles. The molecule has 31 heavy (non-hydrogen) atoms. The highest BCUT2D eigenvalue weighted by molar-refractivity contribution is 7.99. The lowest BCUT2D eigenvalue weighted by atomic mass is 10.1. The molecule has 2 nitrogen and oxygen atoms in total. The fourth-order valence-corrected chi connectivity index (χ4v) is 4.61. The molecule has 4 aromatic rings. The van der Waals surface area contributed by atoms with Crippen molar-refractivity contribution in [1.29, 1.82) is 0 Å². The molecule has 0 bridgehead atoms. The number of ether oxygens (including phenoxy) is 2. The molecule has 0 saturated carbocycles. The molecule has 4 rings (SSSR count). The summed E-state index contributed by atoms with van der Waals surface area (Å²) in [6.45, 7) is 0. The average Bonchev–Trinajstić information content (AvgIpc) is 2.81. The van der Waals surface area contributed by atoms with Gasteiger partial charge in [0.15, 0.2) is 0 Å². The molecule has 0 unspecified atom stereocenters. The van der Waals surface area contributed by atoms with Gasteiger partial charge in [-0.1, -0.05) is 59.2 Å². The van der Waals surface area contributed by atoms with Gasteiger partial charge in [0.25, 0.3) is 0 Å². The van der Waals surface area contributed by atoms with E-state index in [2.05, 4.69) is 24.3 Å². The van der Waals surface area contributed by atoms with Gasteiger partial charge in [-0.05, 0) is 82.9 Å². The minimum atomic E-state index is 0.709. The van der Waals surface area contributed by atoms with Crippen molar-refractivity contribution in [3.63, 3.8) is 0 Å². The zero-order valence-electron chi connectivity index (χ0n) is 17.1. The second kappa shape index (κ2) is 9.69. The smallest absolute Gasteiger partial charge is 0.119 e. The predicted molar refractivity (Wildman–Crippen MR) is 131 cm³/mol. The minimum absolute atomic E-state index is 0.709. The van der Waals surface area contributed by atoms with Gasteiger partial charge < -0.3 is 9.47 Å². The third kappa shape index (κ3) is 5.01. The second-order valence-corrected chi connectivity index (χ2v) is 8.80. The molecule has 0 amide bonds. The average molecular weight is 467 g/mol. The highest BCUT2D eigenvalue weighted by atomic mass is 35.5. The molecule has 0 aliphatic carbocycles. The minimum Gasteiger partial charge on any atom is -0.497 e. The van der Waals surface area contributed by atoms with E-state index in [-0.39, 0.29) is 0 Å². The van der Waals surface area contributed by atoms with Gasteiger partial charge in [0.1, 0.15) is 11.5 Å². The van der Waals surface area contributed by atoms with Gasteiger partial charge in [-0.15, -0.1) is 0 Å². The van der Waals surface area contributed by atoms with Crippen LogP contribution in [0, 0.1) is 0 Å².